The Morgan fingerprint density at radius 2 is 2.13 bits per heavy atom. The Labute approximate surface area is 133 Å². The summed E-state index contributed by atoms with van der Waals surface area (Å²) in [6.07, 6.45) is 0. The Bertz CT molecular complexity index is 935. The Morgan fingerprint density at radius 3 is 2.87 bits per heavy atom. The molecule has 0 atom stereocenters. The van der Waals surface area contributed by atoms with Crippen LogP contribution in [0.5, 0.6) is 0 Å². The van der Waals surface area contributed by atoms with Crippen molar-refractivity contribution in [1.29, 1.82) is 5.26 Å². The van der Waals surface area contributed by atoms with Gasteiger partial charge in [0.05, 0.1) is 16.6 Å². The molecule has 0 fully saturated rings. The van der Waals surface area contributed by atoms with Gasteiger partial charge in [0.2, 0.25) is 5.91 Å². The molecule has 0 bridgehead atoms. The molecule has 0 saturated heterocycles. The van der Waals surface area contributed by atoms with Gasteiger partial charge in [0.15, 0.2) is 5.65 Å². The minimum atomic E-state index is -0.0546. The molecule has 1 aromatic carbocycles. The van der Waals surface area contributed by atoms with Gasteiger partial charge in [-0.1, -0.05) is 12.1 Å². The molecule has 6 nitrogen and oxygen atoms in total. The van der Waals surface area contributed by atoms with Crippen LogP contribution in [0.25, 0.3) is 16.7 Å². The molecule has 0 radical (unpaired) electrons. The third kappa shape index (κ3) is 2.69. The fourth-order valence-electron chi connectivity index (χ4n) is 2.65. The average Bonchev–Trinajstić information content (AvgIpc) is 2.90. The van der Waals surface area contributed by atoms with Crippen LogP contribution in [0.15, 0.2) is 30.3 Å². The number of carbonyl (C=O) groups is 1. The van der Waals surface area contributed by atoms with Crippen LogP contribution in [0.1, 0.15) is 18.1 Å². The largest absolute Gasteiger partial charge is 0.369 e. The molecule has 3 rings (SSSR count). The van der Waals surface area contributed by atoms with Crippen LogP contribution in [0.3, 0.4) is 0 Å². The van der Waals surface area contributed by atoms with Crippen LogP contribution < -0.4 is 10.6 Å². The summed E-state index contributed by atoms with van der Waals surface area (Å²) >= 11 is 0. The van der Waals surface area contributed by atoms with E-state index in [4.69, 9.17) is 0 Å². The first-order valence-electron chi connectivity index (χ1n) is 7.41. The number of para-hydroxylation sites is 2. The van der Waals surface area contributed by atoms with E-state index in [-0.39, 0.29) is 5.91 Å². The van der Waals surface area contributed by atoms with E-state index in [0.717, 1.165) is 22.4 Å². The Balaban J connectivity index is 2.10. The molecule has 0 saturated carbocycles. The third-order valence-electron chi connectivity index (χ3n) is 3.69. The van der Waals surface area contributed by atoms with Gasteiger partial charge in [-0.15, -0.1) is 0 Å². The zero-order valence-electron chi connectivity index (χ0n) is 13.1. The van der Waals surface area contributed by atoms with Crippen molar-refractivity contribution in [2.75, 3.05) is 18.4 Å². The molecule has 116 valence electrons. The quantitative estimate of drug-likeness (QED) is 0.724. The summed E-state index contributed by atoms with van der Waals surface area (Å²) in [5.41, 5.74) is 3.89. The molecule has 0 aliphatic heterocycles. The molecule has 23 heavy (non-hydrogen) atoms. The minimum absolute atomic E-state index is 0.0546. The fourth-order valence-corrected chi connectivity index (χ4v) is 2.65. The fraction of sp³-hybridized carbons (Fsp3) is 0.235. The van der Waals surface area contributed by atoms with E-state index >= 15 is 0 Å². The number of carbonyl (C=O) groups excluding carboxylic acids is 1. The summed E-state index contributed by atoms with van der Waals surface area (Å²) in [5, 5.41) is 15.5. The maximum atomic E-state index is 10.9. The van der Waals surface area contributed by atoms with Crippen molar-refractivity contribution in [3.8, 4) is 6.07 Å². The number of aromatic nitrogens is 2. The normalized spacial score (nSPS) is 10.7. The van der Waals surface area contributed by atoms with Gasteiger partial charge >= 0.3 is 0 Å². The first kappa shape index (κ1) is 14.9. The van der Waals surface area contributed by atoms with Crippen LogP contribution in [0.4, 0.5) is 5.82 Å². The SMILES string of the molecule is CC(=O)NCCNc1cc(C)c(C#N)c2nc3ccccc3n12. The molecule has 0 aliphatic carbocycles. The standard InChI is InChI=1S/C17H17N5O/c1-11-9-16(20-8-7-19-12(2)23)22-15-6-4-3-5-14(15)21-17(22)13(11)10-18/h3-6,9,20H,7-8H2,1-2H3,(H,19,23). The first-order chi connectivity index (χ1) is 11.1. The molecular weight excluding hydrogens is 290 g/mol. The van der Waals surface area contributed by atoms with Crippen molar-refractivity contribution < 1.29 is 4.79 Å². The molecule has 3 aromatic rings. The summed E-state index contributed by atoms with van der Waals surface area (Å²) in [6, 6.07) is 12.0. The number of hydrogen-bond acceptors (Lipinski definition) is 4. The highest BCUT2D eigenvalue weighted by atomic mass is 16.1. The predicted molar refractivity (Wildman–Crippen MR) is 89.3 cm³/mol. The van der Waals surface area contributed by atoms with Gasteiger partial charge in [-0.05, 0) is 30.7 Å². The average molecular weight is 307 g/mol. The number of hydrogen-bond donors (Lipinski definition) is 2. The number of amides is 1. The lowest BCUT2D eigenvalue weighted by Gasteiger charge is -2.12. The number of pyridine rings is 1. The van der Waals surface area contributed by atoms with Crippen molar-refractivity contribution in [2.24, 2.45) is 0 Å². The van der Waals surface area contributed by atoms with Gasteiger partial charge in [0.1, 0.15) is 11.9 Å². The Kier molecular flexibility index (Phi) is 3.85. The number of benzene rings is 1. The summed E-state index contributed by atoms with van der Waals surface area (Å²) < 4.78 is 1.95. The zero-order valence-corrected chi connectivity index (χ0v) is 13.1. The van der Waals surface area contributed by atoms with E-state index in [9.17, 15) is 10.1 Å². The number of aryl methyl sites for hydroxylation is 1. The lowest BCUT2D eigenvalue weighted by Crippen LogP contribution is -2.26. The molecule has 2 heterocycles. The van der Waals surface area contributed by atoms with Crippen LogP contribution in [-0.4, -0.2) is 28.4 Å². The molecule has 0 spiro atoms. The van der Waals surface area contributed by atoms with Gasteiger partial charge in [-0.25, -0.2) is 4.98 Å². The van der Waals surface area contributed by atoms with Crippen LogP contribution >= 0.6 is 0 Å². The number of fused-ring (bicyclic) bond motifs is 3. The number of rotatable bonds is 4. The highest BCUT2D eigenvalue weighted by Crippen LogP contribution is 2.26. The summed E-state index contributed by atoms with van der Waals surface area (Å²) in [5.74, 6) is 0.802. The van der Waals surface area contributed by atoms with E-state index in [1.807, 2.05) is 41.7 Å². The molecule has 1 amide bonds. The van der Waals surface area contributed by atoms with Crippen molar-refractivity contribution >= 4 is 28.4 Å². The van der Waals surface area contributed by atoms with Crippen molar-refractivity contribution in [1.82, 2.24) is 14.7 Å². The molecule has 2 N–H and O–H groups in total. The van der Waals surface area contributed by atoms with Gasteiger partial charge in [0.25, 0.3) is 0 Å². The summed E-state index contributed by atoms with van der Waals surface area (Å²) in [4.78, 5) is 15.5. The first-order valence-corrected chi connectivity index (χ1v) is 7.41. The highest BCUT2D eigenvalue weighted by Gasteiger charge is 2.14. The van der Waals surface area contributed by atoms with E-state index in [2.05, 4.69) is 21.7 Å². The maximum Gasteiger partial charge on any atom is 0.216 e. The number of imidazole rings is 1. The van der Waals surface area contributed by atoms with Crippen LogP contribution in [0.2, 0.25) is 0 Å². The highest BCUT2D eigenvalue weighted by molar-refractivity contribution is 5.85. The Hall–Kier alpha value is -3.07. The molecule has 2 aromatic heterocycles. The number of anilines is 1. The monoisotopic (exact) mass is 307 g/mol. The topological polar surface area (TPSA) is 82.2 Å². The van der Waals surface area contributed by atoms with Crippen molar-refractivity contribution in [3.05, 3.63) is 41.5 Å². The predicted octanol–water partition coefficient (Wildman–Crippen LogP) is 2.22. The summed E-state index contributed by atoms with van der Waals surface area (Å²) in [7, 11) is 0. The number of nitrogens with one attached hydrogen (secondary N) is 2. The van der Waals surface area contributed by atoms with E-state index in [1.165, 1.54) is 6.92 Å². The summed E-state index contributed by atoms with van der Waals surface area (Å²) in [6.45, 7) is 4.51. The van der Waals surface area contributed by atoms with Crippen LogP contribution in [-0.2, 0) is 4.79 Å². The molecule has 6 heteroatoms. The molecular formula is C17H17N5O. The lowest BCUT2D eigenvalue weighted by molar-refractivity contribution is -0.118. The Morgan fingerprint density at radius 1 is 1.35 bits per heavy atom. The number of nitrogens with zero attached hydrogens (tertiary/aromatic N) is 3. The minimum Gasteiger partial charge on any atom is -0.369 e. The van der Waals surface area contributed by atoms with Gasteiger partial charge in [0, 0.05) is 20.0 Å². The molecule has 0 aliphatic rings. The third-order valence-corrected chi connectivity index (χ3v) is 3.69. The van der Waals surface area contributed by atoms with E-state index in [0.29, 0.717) is 24.3 Å². The maximum absolute atomic E-state index is 10.9. The van der Waals surface area contributed by atoms with Gasteiger partial charge in [-0.2, -0.15) is 5.26 Å². The lowest BCUT2D eigenvalue weighted by atomic mass is 10.1. The van der Waals surface area contributed by atoms with Crippen molar-refractivity contribution in [2.45, 2.75) is 13.8 Å². The van der Waals surface area contributed by atoms with E-state index < -0.39 is 0 Å². The smallest absolute Gasteiger partial charge is 0.216 e. The van der Waals surface area contributed by atoms with Gasteiger partial charge in [-0.3, -0.25) is 9.20 Å². The van der Waals surface area contributed by atoms with Crippen molar-refractivity contribution in [3.63, 3.8) is 0 Å². The van der Waals surface area contributed by atoms with Gasteiger partial charge < -0.3 is 10.6 Å². The zero-order chi connectivity index (χ0) is 16.4. The second-order valence-corrected chi connectivity index (χ2v) is 5.37. The second-order valence-electron chi connectivity index (χ2n) is 5.37. The number of nitriles is 1. The van der Waals surface area contributed by atoms with E-state index in [1.54, 1.807) is 0 Å². The van der Waals surface area contributed by atoms with Crippen LogP contribution in [0, 0.1) is 18.3 Å². The second kappa shape index (κ2) is 5.97. The molecule has 0 unspecified atom stereocenters.